The Morgan fingerprint density at radius 3 is 2.41 bits per heavy atom. The van der Waals surface area contributed by atoms with E-state index in [9.17, 15) is 19.8 Å². The molecule has 6 heteroatoms. The highest BCUT2D eigenvalue weighted by molar-refractivity contribution is 5.71. The van der Waals surface area contributed by atoms with Crippen LogP contribution in [0.2, 0.25) is 0 Å². The third kappa shape index (κ3) is 3.50. The van der Waals surface area contributed by atoms with Crippen molar-refractivity contribution in [2.75, 3.05) is 13.1 Å². The highest BCUT2D eigenvalue weighted by Gasteiger charge is 2.23. The molecule has 1 aliphatic rings. The van der Waals surface area contributed by atoms with Gasteiger partial charge in [0.25, 0.3) is 0 Å². The lowest BCUT2D eigenvalue weighted by Crippen LogP contribution is -2.30. The molecular formula is C16H24N2O4. The number of pyridine rings is 1. The Hall–Kier alpha value is -1.82. The Bertz CT molecular complexity index is 601. The lowest BCUT2D eigenvalue weighted by Gasteiger charge is -2.26. The van der Waals surface area contributed by atoms with Crippen LogP contribution in [0.15, 0.2) is 10.9 Å². The summed E-state index contributed by atoms with van der Waals surface area (Å²) in [5.74, 6) is -1.31. The van der Waals surface area contributed by atoms with Crippen LogP contribution in [-0.4, -0.2) is 38.7 Å². The Morgan fingerprint density at radius 1 is 1.27 bits per heavy atom. The summed E-state index contributed by atoms with van der Waals surface area (Å²) >= 11 is 0. The molecule has 1 aromatic rings. The Kier molecular flexibility index (Phi) is 5.24. The molecule has 0 radical (unpaired) electrons. The van der Waals surface area contributed by atoms with E-state index >= 15 is 0 Å². The van der Waals surface area contributed by atoms with Gasteiger partial charge in [-0.3, -0.25) is 9.69 Å². The van der Waals surface area contributed by atoms with Crippen molar-refractivity contribution in [3.05, 3.63) is 27.7 Å². The lowest BCUT2D eigenvalue weighted by molar-refractivity contribution is -0.140. The number of hydrogen-bond acceptors (Lipinski definition) is 4. The van der Waals surface area contributed by atoms with Crippen LogP contribution in [0.5, 0.6) is 5.75 Å². The van der Waals surface area contributed by atoms with Gasteiger partial charge in [-0.05, 0) is 39.8 Å². The summed E-state index contributed by atoms with van der Waals surface area (Å²) in [4.78, 5) is 25.4. The fourth-order valence-corrected chi connectivity index (χ4v) is 3.10. The molecule has 1 atom stereocenters. The van der Waals surface area contributed by atoms with Crippen LogP contribution in [0.25, 0.3) is 0 Å². The fraction of sp³-hybridized carbons (Fsp3) is 0.625. The van der Waals surface area contributed by atoms with E-state index in [1.54, 1.807) is 18.4 Å². The molecule has 0 bridgehead atoms. The van der Waals surface area contributed by atoms with Crippen molar-refractivity contribution in [1.29, 1.82) is 0 Å². The maximum absolute atomic E-state index is 11.9. The molecule has 2 rings (SSSR count). The van der Waals surface area contributed by atoms with Gasteiger partial charge in [0.05, 0.1) is 5.69 Å². The first-order valence-electron chi connectivity index (χ1n) is 7.81. The zero-order chi connectivity index (χ0) is 16.3. The summed E-state index contributed by atoms with van der Waals surface area (Å²) in [6.45, 7) is 5.48. The van der Waals surface area contributed by atoms with Crippen LogP contribution in [0.1, 0.15) is 50.0 Å². The molecule has 122 valence electrons. The van der Waals surface area contributed by atoms with Crippen LogP contribution >= 0.6 is 0 Å². The van der Waals surface area contributed by atoms with Crippen molar-refractivity contribution in [2.24, 2.45) is 0 Å². The number of nitrogens with zero attached hydrogens (tertiary/aromatic N) is 2. The van der Waals surface area contributed by atoms with E-state index in [1.165, 1.54) is 18.9 Å². The van der Waals surface area contributed by atoms with Crippen molar-refractivity contribution in [2.45, 2.75) is 52.1 Å². The molecule has 2 heterocycles. The Balaban J connectivity index is 2.42. The second kappa shape index (κ2) is 6.96. The summed E-state index contributed by atoms with van der Waals surface area (Å²) in [6, 6.07) is 0.467. The molecule has 0 aromatic carbocycles. The molecule has 0 saturated carbocycles. The standard InChI is InChI=1S/C16H24N2O4/c1-11-9-14(19)15(20)13(18(11)12(2)16(21)22)10-17-7-5-3-4-6-8-17/h9,12,20H,3-8,10H2,1-2H3,(H,21,22). The lowest BCUT2D eigenvalue weighted by atomic mass is 10.2. The van der Waals surface area contributed by atoms with Crippen molar-refractivity contribution in [1.82, 2.24) is 9.47 Å². The monoisotopic (exact) mass is 308 g/mol. The number of aromatic hydroxyl groups is 1. The number of aryl methyl sites for hydroxylation is 1. The smallest absolute Gasteiger partial charge is 0.326 e. The normalized spacial score (nSPS) is 17.9. The minimum absolute atomic E-state index is 0.331. The molecule has 1 unspecified atom stereocenters. The summed E-state index contributed by atoms with van der Waals surface area (Å²) in [7, 11) is 0. The molecule has 22 heavy (non-hydrogen) atoms. The van der Waals surface area contributed by atoms with Gasteiger partial charge in [0, 0.05) is 18.3 Å². The zero-order valence-electron chi connectivity index (χ0n) is 13.2. The van der Waals surface area contributed by atoms with E-state index in [0.29, 0.717) is 17.9 Å². The number of rotatable bonds is 4. The summed E-state index contributed by atoms with van der Waals surface area (Å²) in [5.41, 5.74) is 0.514. The predicted octanol–water partition coefficient (Wildman–Crippen LogP) is 1.88. The van der Waals surface area contributed by atoms with E-state index in [2.05, 4.69) is 4.90 Å². The predicted molar refractivity (Wildman–Crippen MR) is 83.2 cm³/mol. The molecule has 2 N–H and O–H groups in total. The molecule has 1 fully saturated rings. The van der Waals surface area contributed by atoms with Gasteiger partial charge in [-0.25, -0.2) is 4.79 Å². The quantitative estimate of drug-likeness (QED) is 0.887. The van der Waals surface area contributed by atoms with E-state index in [-0.39, 0.29) is 5.75 Å². The number of hydrogen-bond donors (Lipinski definition) is 2. The number of aromatic nitrogens is 1. The maximum Gasteiger partial charge on any atom is 0.326 e. The minimum Gasteiger partial charge on any atom is -0.503 e. The Labute approximate surface area is 130 Å². The van der Waals surface area contributed by atoms with Gasteiger partial charge in [-0.15, -0.1) is 0 Å². The molecule has 1 aliphatic heterocycles. The summed E-state index contributed by atoms with van der Waals surface area (Å²) < 4.78 is 1.56. The second-order valence-electron chi connectivity index (χ2n) is 6.02. The van der Waals surface area contributed by atoms with E-state index in [4.69, 9.17) is 0 Å². The number of aliphatic carboxylic acids is 1. The van der Waals surface area contributed by atoms with Crippen molar-refractivity contribution < 1.29 is 15.0 Å². The van der Waals surface area contributed by atoms with E-state index in [0.717, 1.165) is 25.9 Å². The highest BCUT2D eigenvalue weighted by atomic mass is 16.4. The third-order valence-electron chi connectivity index (χ3n) is 4.33. The van der Waals surface area contributed by atoms with Gasteiger partial charge >= 0.3 is 5.97 Å². The number of carboxylic acids is 1. The molecule has 0 aliphatic carbocycles. The average Bonchev–Trinajstić information content (AvgIpc) is 2.72. The average molecular weight is 308 g/mol. The molecule has 1 aromatic heterocycles. The van der Waals surface area contributed by atoms with Gasteiger partial charge < -0.3 is 14.8 Å². The van der Waals surface area contributed by atoms with Gasteiger partial charge in [-0.2, -0.15) is 0 Å². The first-order chi connectivity index (χ1) is 10.4. The van der Waals surface area contributed by atoms with Crippen LogP contribution < -0.4 is 5.43 Å². The first-order valence-corrected chi connectivity index (χ1v) is 7.81. The van der Waals surface area contributed by atoms with Gasteiger partial charge in [0.1, 0.15) is 6.04 Å². The Morgan fingerprint density at radius 2 is 1.86 bits per heavy atom. The number of likely N-dealkylation sites (tertiary alicyclic amines) is 1. The van der Waals surface area contributed by atoms with Gasteiger partial charge in [0.15, 0.2) is 5.75 Å². The van der Waals surface area contributed by atoms with Crippen LogP contribution in [0.4, 0.5) is 0 Å². The molecular weight excluding hydrogens is 284 g/mol. The van der Waals surface area contributed by atoms with Crippen LogP contribution in [0.3, 0.4) is 0 Å². The van der Waals surface area contributed by atoms with Crippen molar-refractivity contribution in [3.63, 3.8) is 0 Å². The number of carbonyl (C=O) groups is 1. The highest BCUT2D eigenvalue weighted by Crippen LogP contribution is 2.23. The molecule has 0 spiro atoms. The van der Waals surface area contributed by atoms with E-state index in [1.807, 2.05) is 0 Å². The maximum atomic E-state index is 11.9. The van der Waals surface area contributed by atoms with Crippen LogP contribution in [-0.2, 0) is 11.3 Å². The number of carboxylic acid groups (broad SMARTS) is 1. The van der Waals surface area contributed by atoms with Crippen molar-refractivity contribution >= 4 is 5.97 Å². The van der Waals surface area contributed by atoms with Gasteiger partial charge in [-0.1, -0.05) is 12.8 Å². The van der Waals surface area contributed by atoms with Crippen LogP contribution in [0, 0.1) is 6.92 Å². The molecule has 0 amide bonds. The van der Waals surface area contributed by atoms with Gasteiger partial charge in [0.2, 0.25) is 5.43 Å². The fourth-order valence-electron chi connectivity index (χ4n) is 3.10. The molecule has 6 nitrogen and oxygen atoms in total. The summed E-state index contributed by atoms with van der Waals surface area (Å²) in [5, 5.41) is 19.5. The molecule has 1 saturated heterocycles. The third-order valence-corrected chi connectivity index (χ3v) is 4.33. The van der Waals surface area contributed by atoms with E-state index < -0.39 is 17.4 Å². The zero-order valence-corrected chi connectivity index (χ0v) is 13.2. The minimum atomic E-state index is -0.983. The second-order valence-corrected chi connectivity index (χ2v) is 6.02. The van der Waals surface area contributed by atoms with Crippen molar-refractivity contribution in [3.8, 4) is 5.75 Å². The topological polar surface area (TPSA) is 82.8 Å². The summed E-state index contributed by atoms with van der Waals surface area (Å²) in [6.07, 6.45) is 4.56. The largest absolute Gasteiger partial charge is 0.503 e. The SMILES string of the molecule is Cc1cc(=O)c(O)c(CN2CCCCCC2)n1C(C)C(=O)O. The first kappa shape index (κ1) is 16.5.